The van der Waals surface area contributed by atoms with Gasteiger partial charge in [0.2, 0.25) is 0 Å². The molecular formula is C7H18W. The van der Waals surface area contributed by atoms with Crippen LogP contribution in [0.1, 0.15) is 47.0 Å². The van der Waals surface area contributed by atoms with Crippen molar-refractivity contribution in [2.45, 2.75) is 47.0 Å². The molecule has 0 aromatic rings. The van der Waals surface area contributed by atoms with E-state index in [1.165, 1.54) is 19.3 Å². The van der Waals surface area contributed by atoms with Crippen molar-refractivity contribution in [3.8, 4) is 0 Å². The smallest absolute Gasteiger partial charge is 0 e. The fourth-order valence-electron chi connectivity index (χ4n) is 0.354. The predicted molar refractivity (Wildman–Crippen MR) is 36.5 cm³/mol. The van der Waals surface area contributed by atoms with Crippen LogP contribution in [0.3, 0.4) is 0 Å². The number of hydrogen-bond donors (Lipinski definition) is 0. The maximum absolute atomic E-state index is 2.21. The number of rotatable bonds is 2. The molecule has 0 heterocycles. The summed E-state index contributed by atoms with van der Waals surface area (Å²) in [6, 6.07) is 0. The van der Waals surface area contributed by atoms with E-state index in [-0.39, 0.29) is 21.1 Å². The molecule has 0 amide bonds. The maximum atomic E-state index is 2.21. The van der Waals surface area contributed by atoms with E-state index < -0.39 is 0 Å². The third-order valence-corrected chi connectivity index (χ3v) is 0.707. The van der Waals surface area contributed by atoms with Crippen molar-refractivity contribution in [2.75, 3.05) is 0 Å². The molecule has 0 aliphatic rings. The summed E-state index contributed by atoms with van der Waals surface area (Å²) in [7, 11) is 0. The molecule has 0 aliphatic heterocycles. The molecule has 0 rings (SSSR count). The van der Waals surface area contributed by atoms with Gasteiger partial charge in [0.05, 0.1) is 0 Å². The summed E-state index contributed by atoms with van der Waals surface area (Å²) in [4.78, 5) is 0. The fourth-order valence-corrected chi connectivity index (χ4v) is 0.354. The van der Waals surface area contributed by atoms with Gasteiger partial charge in [0.15, 0.2) is 0 Å². The minimum atomic E-state index is 0. The van der Waals surface area contributed by atoms with Gasteiger partial charge >= 0.3 is 0 Å². The van der Waals surface area contributed by atoms with E-state index in [9.17, 15) is 0 Å². The minimum absolute atomic E-state index is 0. The summed E-state index contributed by atoms with van der Waals surface area (Å²) in [6.45, 7) is 8.42. The second kappa shape index (κ2) is 25.3. The summed E-state index contributed by atoms with van der Waals surface area (Å²) in [6.07, 6.45) is 4.08. The van der Waals surface area contributed by atoms with Crippen LogP contribution >= 0.6 is 0 Å². The zero-order chi connectivity index (χ0) is 6.12. The minimum Gasteiger partial charge on any atom is -0.0683 e. The summed E-state index contributed by atoms with van der Waals surface area (Å²) < 4.78 is 0. The summed E-state index contributed by atoms with van der Waals surface area (Å²) >= 11 is 0. The molecule has 0 spiro atoms. The summed E-state index contributed by atoms with van der Waals surface area (Å²) in [5.74, 6) is 0. The molecular weight excluding hydrogens is 268 g/mol. The van der Waals surface area contributed by atoms with Gasteiger partial charge in [0.1, 0.15) is 0 Å². The standard InChI is InChI=1S/C5H12.C2H6.W/c1-3-5-4-2;1-2;/h3-5H2,1-2H3;1-2H3;. The van der Waals surface area contributed by atoms with E-state index in [2.05, 4.69) is 13.8 Å². The van der Waals surface area contributed by atoms with Crippen molar-refractivity contribution in [1.82, 2.24) is 0 Å². The van der Waals surface area contributed by atoms with E-state index in [1.807, 2.05) is 13.8 Å². The molecule has 0 nitrogen and oxygen atoms in total. The van der Waals surface area contributed by atoms with Gasteiger partial charge in [-0.25, -0.2) is 0 Å². The van der Waals surface area contributed by atoms with Gasteiger partial charge in [-0.1, -0.05) is 47.0 Å². The summed E-state index contributed by atoms with van der Waals surface area (Å²) in [5.41, 5.74) is 0. The van der Waals surface area contributed by atoms with Crippen LogP contribution in [0.15, 0.2) is 0 Å². The van der Waals surface area contributed by atoms with Crippen LogP contribution in [0.2, 0.25) is 0 Å². The second-order valence-corrected chi connectivity index (χ2v) is 1.35. The molecule has 0 aromatic heterocycles. The molecule has 0 atom stereocenters. The van der Waals surface area contributed by atoms with Crippen LogP contribution in [0.25, 0.3) is 0 Å². The first-order valence-corrected chi connectivity index (χ1v) is 3.41. The molecule has 1 heteroatoms. The molecule has 0 unspecified atom stereocenters. The quantitative estimate of drug-likeness (QED) is 0.731. The molecule has 0 saturated heterocycles. The van der Waals surface area contributed by atoms with Gasteiger partial charge in [0.25, 0.3) is 0 Å². The Hall–Kier alpha value is 0.688. The zero-order valence-electron chi connectivity index (χ0n) is 6.53. The first kappa shape index (κ1) is 15.9. The van der Waals surface area contributed by atoms with Gasteiger partial charge in [-0.05, 0) is 0 Å². The van der Waals surface area contributed by atoms with E-state index in [0.717, 1.165) is 0 Å². The Labute approximate surface area is 68.3 Å². The number of hydrogen-bond acceptors (Lipinski definition) is 0. The van der Waals surface area contributed by atoms with E-state index >= 15 is 0 Å². The first-order chi connectivity index (χ1) is 3.41. The second-order valence-electron chi connectivity index (χ2n) is 1.35. The van der Waals surface area contributed by atoms with Crippen molar-refractivity contribution in [1.29, 1.82) is 0 Å². The Bertz CT molecular complexity index is 11.9. The largest absolute Gasteiger partial charge is 0.0683 e. The molecule has 0 radical (unpaired) electrons. The van der Waals surface area contributed by atoms with Gasteiger partial charge in [0, 0.05) is 21.1 Å². The molecule has 52 valence electrons. The topological polar surface area (TPSA) is 0 Å². The van der Waals surface area contributed by atoms with Crippen molar-refractivity contribution < 1.29 is 21.1 Å². The maximum Gasteiger partial charge on any atom is 0 e. The van der Waals surface area contributed by atoms with Gasteiger partial charge in [-0.3, -0.25) is 0 Å². The van der Waals surface area contributed by atoms with Crippen LogP contribution in [-0.4, -0.2) is 0 Å². The van der Waals surface area contributed by atoms with Crippen LogP contribution < -0.4 is 0 Å². The molecule has 0 aliphatic carbocycles. The Morgan fingerprint density at radius 3 is 1.12 bits per heavy atom. The Kier molecular flexibility index (Phi) is 50.2. The first-order valence-electron chi connectivity index (χ1n) is 3.41. The fraction of sp³-hybridized carbons (Fsp3) is 1.00. The molecule has 0 N–H and O–H groups in total. The van der Waals surface area contributed by atoms with Gasteiger partial charge in [-0.15, -0.1) is 0 Å². The average molecular weight is 286 g/mol. The monoisotopic (exact) mass is 286 g/mol. The average Bonchev–Trinajstić information content (AvgIpc) is 1.75. The van der Waals surface area contributed by atoms with Crippen molar-refractivity contribution in [2.24, 2.45) is 0 Å². The summed E-state index contributed by atoms with van der Waals surface area (Å²) in [5, 5.41) is 0. The molecule has 8 heavy (non-hydrogen) atoms. The molecule has 0 saturated carbocycles. The third kappa shape index (κ3) is 29.9. The Balaban J connectivity index is -0.0000000750. The van der Waals surface area contributed by atoms with Crippen LogP contribution in [0, 0.1) is 0 Å². The van der Waals surface area contributed by atoms with E-state index in [4.69, 9.17) is 0 Å². The normalized spacial score (nSPS) is 6.00. The van der Waals surface area contributed by atoms with Crippen LogP contribution in [0.5, 0.6) is 0 Å². The number of unbranched alkanes of at least 4 members (excludes halogenated alkanes) is 2. The predicted octanol–water partition coefficient (Wildman–Crippen LogP) is 3.22. The molecule has 0 fully saturated rings. The molecule has 0 aromatic carbocycles. The van der Waals surface area contributed by atoms with Gasteiger partial charge < -0.3 is 0 Å². The van der Waals surface area contributed by atoms with Crippen molar-refractivity contribution >= 4 is 0 Å². The van der Waals surface area contributed by atoms with Crippen molar-refractivity contribution in [3.63, 3.8) is 0 Å². The SMILES string of the molecule is CC.CCCCC.[W]. The zero-order valence-corrected chi connectivity index (χ0v) is 9.46. The van der Waals surface area contributed by atoms with E-state index in [0.29, 0.717) is 0 Å². The van der Waals surface area contributed by atoms with E-state index in [1.54, 1.807) is 0 Å². The Morgan fingerprint density at radius 1 is 0.875 bits per heavy atom. The van der Waals surface area contributed by atoms with Crippen LogP contribution in [-0.2, 0) is 21.1 Å². The Morgan fingerprint density at radius 2 is 1.12 bits per heavy atom. The third-order valence-electron chi connectivity index (χ3n) is 0.707. The van der Waals surface area contributed by atoms with Crippen molar-refractivity contribution in [3.05, 3.63) is 0 Å². The van der Waals surface area contributed by atoms with Gasteiger partial charge in [-0.2, -0.15) is 0 Å². The van der Waals surface area contributed by atoms with Crippen LogP contribution in [0.4, 0.5) is 0 Å². The molecule has 0 bridgehead atoms.